The third kappa shape index (κ3) is 3.23. The SMILES string of the molecule is Cc1ccc(-n2nc(-c3ccco3)nc2[C@H](C)N2CCOCC2)cc1. The average Bonchev–Trinajstić information content (AvgIpc) is 3.32. The van der Waals surface area contributed by atoms with Gasteiger partial charge >= 0.3 is 0 Å². The molecule has 1 saturated heterocycles. The standard InChI is InChI=1S/C19H22N4O2/c1-14-5-7-16(8-6-14)23-19(15(2)22-9-12-24-13-10-22)20-18(21-23)17-4-3-11-25-17/h3-8,11,15H,9-10,12-13H2,1-2H3/t15-/m0/s1. The van der Waals surface area contributed by atoms with Crippen molar-refractivity contribution >= 4 is 0 Å². The lowest BCUT2D eigenvalue weighted by molar-refractivity contribution is 0.0178. The summed E-state index contributed by atoms with van der Waals surface area (Å²) in [6.45, 7) is 7.57. The molecule has 1 atom stereocenters. The number of benzene rings is 1. The predicted octanol–water partition coefficient (Wildman–Crippen LogP) is 3.23. The first-order valence-electron chi connectivity index (χ1n) is 8.62. The predicted molar refractivity (Wildman–Crippen MR) is 94.6 cm³/mol. The van der Waals surface area contributed by atoms with E-state index in [0.717, 1.165) is 37.8 Å². The Labute approximate surface area is 147 Å². The molecular weight excluding hydrogens is 316 g/mol. The lowest BCUT2D eigenvalue weighted by Gasteiger charge is -2.31. The van der Waals surface area contributed by atoms with Crippen molar-refractivity contribution in [2.75, 3.05) is 26.3 Å². The number of nitrogens with zero attached hydrogens (tertiary/aromatic N) is 4. The van der Waals surface area contributed by atoms with E-state index >= 15 is 0 Å². The minimum atomic E-state index is 0.140. The molecule has 4 rings (SSSR count). The molecule has 0 aliphatic carbocycles. The van der Waals surface area contributed by atoms with Crippen molar-refractivity contribution in [2.45, 2.75) is 19.9 Å². The van der Waals surface area contributed by atoms with Crippen LogP contribution < -0.4 is 0 Å². The smallest absolute Gasteiger partial charge is 0.217 e. The van der Waals surface area contributed by atoms with E-state index in [4.69, 9.17) is 19.2 Å². The van der Waals surface area contributed by atoms with Gasteiger partial charge in [0.05, 0.1) is 31.2 Å². The lowest BCUT2D eigenvalue weighted by atomic mass is 10.2. The van der Waals surface area contributed by atoms with Crippen molar-refractivity contribution < 1.29 is 9.15 Å². The summed E-state index contributed by atoms with van der Waals surface area (Å²) in [5.74, 6) is 2.21. The first-order chi connectivity index (χ1) is 12.2. The van der Waals surface area contributed by atoms with Crippen LogP contribution in [0.4, 0.5) is 0 Å². The van der Waals surface area contributed by atoms with E-state index in [1.54, 1.807) is 6.26 Å². The van der Waals surface area contributed by atoms with Gasteiger partial charge in [0.25, 0.3) is 0 Å². The fourth-order valence-electron chi connectivity index (χ4n) is 3.11. The molecule has 0 spiro atoms. The van der Waals surface area contributed by atoms with Gasteiger partial charge in [-0.2, -0.15) is 0 Å². The number of hydrogen-bond acceptors (Lipinski definition) is 5. The molecule has 0 unspecified atom stereocenters. The Morgan fingerprint density at radius 3 is 2.52 bits per heavy atom. The lowest BCUT2D eigenvalue weighted by Crippen LogP contribution is -2.38. The van der Waals surface area contributed by atoms with Crippen LogP contribution in [0.1, 0.15) is 24.4 Å². The fourth-order valence-corrected chi connectivity index (χ4v) is 3.11. The first kappa shape index (κ1) is 16.1. The zero-order chi connectivity index (χ0) is 17.2. The summed E-state index contributed by atoms with van der Waals surface area (Å²) in [4.78, 5) is 7.18. The van der Waals surface area contributed by atoms with Gasteiger partial charge in [0.1, 0.15) is 5.82 Å². The van der Waals surface area contributed by atoms with Crippen LogP contribution in [0.2, 0.25) is 0 Å². The minimum absolute atomic E-state index is 0.140. The van der Waals surface area contributed by atoms with Gasteiger partial charge in [0.15, 0.2) is 5.76 Å². The summed E-state index contributed by atoms with van der Waals surface area (Å²) in [7, 11) is 0. The number of aromatic nitrogens is 3. The maximum atomic E-state index is 5.50. The molecule has 130 valence electrons. The molecule has 0 amide bonds. The molecule has 3 aromatic rings. The van der Waals surface area contributed by atoms with Gasteiger partial charge in [0, 0.05) is 13.1 Å². The number of furan rings is 1. The Hall–Kier alpha value is -2.44. The van der Waals surface area contributed by atoms with Gasteiger partial charge in [0.2, 0.25) is 5.82 Å². The number of hydrogen-bond donors (Lipinski definition) is 0. The van der Waals surface area contributed by atoms with Crippen LogP contribution in [0, 0.1) is 6.92 Å². The van der Waals surface area contributed by atoms with Gasteiger partial charge in [-0.1, -0.05) is 17.7 Å². The second-order valence-electron chi connectivity index (χ2n) is 6.34. The maximum absolute atomic E-state index is 5.50. The molecular formula is C19H22N4O2. The molecule has 1 aliphatic heterocycles. The molecule has 0 saturated carbocycles. The van der Waals surface area contributed by atoms with Crippen molar-refractivity contribution in [1.82, 2.24) is 19.7 Å². The Kier molecular flexibility index (Phi) is 4.38. The molecule has 0 N–H and O–H groups in total. The molecule has 0 radical (unpaired) electrons. The molecule has 1 aromatic carbocycles. The molecule has 2 aromatic heterocycles. The summed E-state index contributed by atoms with van der Waals surface area (Å²) in [6.07, 6.45) is 1.65. The quantitative estimate of drug-likeness (QED) is 0.731. The Balaban J connectivity index is 1.76. The van der Waals surface area contributed by atoms with Crippen LogP contribution >= 0.6 is 0 Å². The van der Waals surface area contributed by atoms with Crippen LogP contribution in [0.15, 0.2) is 47.1 Å². The normalized spacial score (nSPS) is 16.9. The molecule has 0 bridgehead atoms. The van der Waals surface area contributed by atoms with E-state index in [9.17, 15) is 0 Å². The highest BCUT2D eigenvalue weighted by Crippen LogP contribution is 2.26. The van der Waals surface area contributed by atoms with E-state index in [-0.39, 0.29) is 6.04 Å². The zero-order valence-corrected chi connectivity index (χ0v) is 14.6. The van der Waals surface area contributed by atoms with E-state index in [0.29, 0.717) is 11.6 Å². The highest BCUT2D eigenvalue weighted by Gasteiger charge is 2.25. The Morgan fingerprint density at radius 1 is 1.08 bits per heavy atom. The first-order valence-corrected chi connectivity index (χ1v) is 8.62. The van der Waals surface area contributed by atoms with Crippen molar-refractivity contribution in [3.63, 3.8) is 0 Å². The summed E-state index contributed by atoms with van der Waals surface area (Å²) in [5.41, 5.74) is 2.23. The van der Waals surface area contributed by atoms with E-state index in [2.05, 4.69) is 43.0 Å². The molecule has 3 heterocycles. The number of morpholine rings is 1. The van der Waals surface area contributed by atoms with Crippen molar-refractivity contribution in [1.29, 1.82) is 0 Å². The van der Waals surface area contributed by atoms with E-state index in [1.165, 1.54) is 5.56 Å². The van der Waals surface area contributed by atoms with Crippen LogP contribution in [0.5, 0.6) is 0 Å². The summed E-state index contributed by atoms with van der Waals surface area (Å²) < 4.78 is 12.9. The van der Waals surface area contributed by atoms with Gasteiger partial charge in [-0.25, -0.2) is 9.67 Å². The third-order valence-electron chi connectivity index (χ3n) is 4.62. The third-order valence-corrected chi connectivity index (χ3v) is 4.62. The molecule has 25 heavy (non-hydrogen) atoms. The number of aryl methyl sites for hydroxylation is 1. The number of rotatable bonds is 4. The van der Waals surface area contributed by atoms with Gasteiger partial charge in [-0.05, 0) is 38.1 Å². The average molecular weight is 338 g/mol. The largest absolute Gasteiger partial charge is 0.461 e. The highest BCUT2D eigenvalue weighted by atomic mass is 16.5. The van der Waals surface area contributed by atoms with E-state index < -0.39 is 0 Å². The second kappa shape index (κ2) is 6.82. The van der Waals surface area contributed by atoms with Gasteiger partial charge in [-0.3, -0.25) is 4.90 Å². The molecule has 1 aliphatic rings. The number of ether oxygens (including phenoxy) is 1. The monoisotopic (exact) mass is 338 g/mol. The Bertz CT molecular complexity index is 818. The van der Waals surface area contributed by atoms with Crippen molar-refractivity contribution in [3.05, 3.63) is 54.0 Å². The van der Waals surface area contributed by atoms with Crippen molar-refractivity contribution in [3.8, 4) is 17.3 Å². The molecule has 6 heteroatoms. The summed E-state index contributed by atoms with van der Waals surface area (Å²) in [5, 5.41) is 4.72. The highest BCUT2D eigenvalue weighted by molar-refractivity contribution is 5.47. The van der Waals surface area contributed by atoms with Crippen molar-refractivity contribution in [2.24, 2.45) is 0 Å². The summed E-state index contributed by atoms with van der Waals surface area (Å²) in [6, 6.07) is 12.2. The van der Waals surface area contributed by atoms with Gasteiger partial charge in [-0.15, -0.1) is 5.10 Å². The summed E-state index contributed by atoms with van der Waals surface area (Å²) >= 11 is 0. The van der Waals surface area contributed by atoms with Crippen LogP contribution in [0.3, 0.4) is 0 Å². The second-order valence-corrected chi connectivity index (χ2v) is 6.34. The topological polar surface area (TPSA) is 56.3 Å². The van der Waals surface area contributed by atoms with Crippen LogP contribution in [-0.4, -0.2) is 46.0 Å². The maximum Gasteiger partial charge on any atom is 0.217 e. The Morgan fingerprint density at radius 2 is 1.84 bits per heavy atom. The fraction of sp³-hybridized carbons (Fsp3) is 0.368. The van der Waals surface area contributed by atoms with E-state index in [1.807, 2.05) is 16.8 Å². The van der Waals surface area contributed by atoms with Crippen LogP contribution in [-0.2, 0) is 4.74 Å². The minimum Gasteiger partial charge on any atom is -0.461 e. The zero-order valence-electron chi connectivity index (χ0n) is 14.6. The van der Waals surface area contributed by atoms with Crippen LogP contribution in [0.25, 0.3) is 17.3 Å². The van der Waals surface area contributed by atoms with Gasteiger partial charge < -0.3 is 9.15 Å². The molecule has 6 nitrogen and oxygen atoms in total. The molecule has 1 fully saturated rings.